The molecule has 0 fully saturated rings. The van der Waals surface area contributed by atoms with Crippen LogP contribution in [0.2, 0.25) is 0 Å². The summed E-state index contributed by atoms with van der Waals surface area (Å²) in [5, 5.41) is 4.77. The van der Waals surface area contributed by atoms with Crippen molar-refractivity contribution in [3.63, 3.8) is 0 Å². The lowest BCUT2D eigenvalue weighted by molar-refractivity contribution is -0.145. The van der Waals surface area contributed by atoms with Crippen molar-refractivity contribution < 1.29 is 37.0 Å². The maximum absolute atomic E-state index is 13.2. The van der Waals surface area contributed by atoms with Crippen molar-refractivity contribution in [2.75, 3.05) is 12.4 Å². The summed E-state index contributed by atoms with van der Waals surface area (Å²) in [7, 11) is 1.27. The molecule has 0 radical (unpaired) electrons. The van der Waals surface area contributed by atoms with E-state index >= 15 is 0 Å². The predicted octanol–water partition coefficient (Wildman–Crippen LogP) is 5.07. The first kappa shape index (κ1) is 31.9. The molecule has 2 N–H and O–H groups in total. The Morgan fingerprint density at radius 1 is 0.952 bits per heavy atom. The Bertz CT molecular complexity index is 1440. The van der Waals surface area contributed by atoms with Gasteiger partial charge in [-0.05, 0) is 47.2 Å². The van der Waals surface area contributed by atoms with Gasteiger partial charge in [0.1, 0.15) is 18.8 Å². The zero-order valence-electron chi connectivity index (χ0n) is 23.4. The SMILES string of the molecule is COC(=O)c1ccc(Cc2cc(NC(=O)OCc3ccccc3)c(=O)n(CC(=O)NC(CC(F)(F)F)C(C)C)c2)cc1. The van der Waals surface area contributed by atoms with Crippen LogP contribution in [0.3, 0.4) is 0 Å². The number of amides is 2. The van der Waals surface area contributed by atoms with Crippen LogP contribution in [0, 0.1) is 5.92 Å². The minimum atomic E-state index is -4.49. The molecule has 42 heavy (non-hydrogen) atoms. The van der Waals surface area contributed by atoms with Gasteiger partial charge in [-0.2, -0.15) is 13.2 Å². The van der Waals surface area contributed by atoms with E-state index in [1.807, 2.05) is 6.07 Å². The number of nitrogens with one attached hydrogen (secondary N) is 2. The van der Waals surface area contributed by atoms with Crippen molar-refractivity contribution in [1.82, 2.24) is 9.88 Å². The number of nitrogens with zero attached hydrogens (tertiary/aromatic N) is 1. The van der Waals surface area contributed by atoms with E-state index in [1.54, 1.807) is 62.4 Å². The average molecular weight is 588 g/mol. The van der Waals surface area contributed by atoms with Crippen molar-refractivity contribution in [1.29, 1.82) is 0 Å². The summed E-state index contributed by atoms with van der Waals surface area (Å²) in [6.45, 7) is 2.48. The standard InChI is InChI=1S/C30H32F3N3O6/c1-19(2)25(15-30(31,32)33)34-26(37)17-36-16-22(13-20-9-11-23(12-10-20)28(39)41-3)14-24(27(36)38)35-29(40)42-18-21-7-5-4-6-8-21/h4-12,14,16,19,25H,13,15,17-18H2,1-3H3,(H,34,37)(H,35,40). The molecule has 1 heterocycles. The first-order valence-electron chi connectivity index (χ1n) is 13.1. The van der Waals surface area contributed by atoms with E-state index in [4.69, 9.17) is 9.47 Å². The lowest BCUT2D eigenvalue weighted by Crippen LogP contribution is -2.44. The molecule has 0 aliphatic carbocycles. The van der Waals surface area contributed by atoms with Gasteiger partial charge in [-0.25, -0.2) is 9.59 Å². The van der Waals surface area contributed by atoms with E-state index < -0.39 is 54.6 Å². The fourth-order valence-electron chi connectivity index (χ4n) is 4.09. The molecule has 2 aromatic carbocycles. The van der Waals surface area contributed by atoms with Crippen molar-refractivity contribution in [3.05, 3.63) is 99.5 Å². The van der Waals surface area contributed by atoms with Gasteiger partial charge in [-0.15, -0.1) is 0 Å². The molecule has 2 amide bonds. The Kier molecular flexibility index (Phi) is 10.9. The van der Waals surface area contributed by atoms with E-state index in [0.29, 0.717) is 11.1 Å². The zero-order valence-corrected chi connectivity index (χ0v) is 23.4. The highest BCUT2D eigenvalue weighted by atomic mass is 19.4. The Hall–Kier alpha value is -4.61. The molecular weight excluding hydrogens is 555 g/mol. The molecule has 0 saturated heterocycles. The number of aromatic nitrogens is 1. The molecule has 3 aromatic rings. The second-order valence-electron chi connectivity index (χ2n) is 9.98. The molecule has 12 heteroatoms. The summed E-state index contributed by atoms with van der Waals surface area (Å²) in [6.07, 6.45) is -4.98. The van der Waals surface area contributed by atoms with Crippen LogP contribution < -0.4 is 16.2 Å². The van der Waals surface area contributed by atoms with Crippen LogP contribution in [-0.4, -0.2) is 41.9 Å². The number of pyridine rings is 1. The van der Waals surface area contributed by atoms with Gasteiger partial charge >= 0.3 is 18.2 Å². The number of rotatable bonds is 11. The van der Waals surface area contributed by atoms with Crippen LogP contribution in [0.1, 0.15) is 47.3 Å². The van der Waals surface area contributed by atoms with Gasteiger partial charge < -0.3 is 19.4 Å². The molecule has 0 aliphatic rings. The smallest absolute Gasteiger partial charge is 0.412 e. The summed E-state index contributed by atoms with van der Waals surface area (Å²) >= 11 is 0. The number of carbonyl (C=O) groups is 3. The lowest BCUT2D eigenvalue weighted by atomic mass is 10.0. The van der Waals surface area contributed by atoms with Crippen LogP contribution in [0.15, 0.2) is 71.7 Å². The van der Waals surface area contributed by atoms with Crippen molar-refractivity contribution >= 4 is 23.7 Å². The van der Waals surface area contributed by atoms with Gasteiger partial charge in [-0.3, -0.25) is 14.9 Å². The number of alkyl halides is 3. The van der Waals surface area contributed by atoms with Crippen LogP contribution in [0.5, 0.6) is 0 Å². The monoisotopic (exact) mass is 587 g/mol. The van der Waals surface area contributed by atoms with Gasteiger partial charge in [0.25, 0.3) is 5.56 Å². The molecule has 9 nitrogen and oxygen atoms in total. The number of carbonyl (C=O) groups excluding carboxylic acids is 3. The van der Waals surface area contributed by atoms with Crippen molar-refractivity contribution in [2.24, 2.45) is 5.92 Å². The fourth-order valence-corrected chi connectivity index (χ4v) is 4.09. The van der Waals surface area contributed by atoms with Crippen LogP contribution in [0.25, 0.3) is 0 Å². The highest BCUT2D eigenvalue weighted by Gasteiger charge is 2.34. The highest BCUT2D eigenvalue weighted by molar-refractivity contribution is 5.89. The van der Waals surface area contributed by atoms with Gasteiger partial charge in [0, 0.05) is 12.2 Å². The maximum Gasteiger partial charge on any atom is 0.412 e. The van der Waals surface area contributed by atoms with E-state index in [0.717, 1.165) is 15.7 Å². The third kappa shape index (κ3) is 9.79. The van der Waals surface area contributed by atoms with Gasteiger partial charge in [0.2, 0.25) is 5.91 Å². The minimum absolute atomic E-state index is 0.0503. The Morgan fingerprint density at radius 3 is 2.21 bits per heavy atom. The maximum atomic E-state index is 13.2. The number of halogens is 3. The highest BCUT2D eigenvalue weighted by Crippen LogP contribution is 2.24. The third-order valence-corrected chi connectivity index (χ3v) is 6.29. The number of ether oxygens (including phenoxy) is 2. The Morgan fingerprint density at radius 2 is 1.62 bits per heavy atom. The summed E-state index contributed by atoms with van der Waals surface area (Å²) < 4.78 is 50.0. The molecule has 1 aromatic heterocycles. The van der Waals surface area contributed by atoms with E-state index in [9.17, 15) is 32.3 Å². The normalized spacial score (nSPS) is 12.0. The number of hydrogen-bond acceptors (Lipinski definition) is 6. The summed E-state index contributed by atoms with van der Waals surface area (Å²) in [5.41, 5.74) is 1.38. The first-order valence-corrected chi connectivity index (χ1v) is 13.1. The van der Waals surface area contributed by atoms with Crippen LogP contribution >= 0.6 is 0 Å². The largest absolute Gasteiger partial charge is 0.465 e. The summed E-state index contributed by atoms with van der Waals surface area (Å²) in [4.78, 5) is 50.2. The van der Waals surface area contributed by atoms with Gasteiger partial charge in [0.15, 0.2) is 0 Å². The molecule has 1 atom stereocenters. The molecule has 224 valence electrons. The van der Waals surface area contributed by atoms with Crippen LogP contribution in [0.4, 0.5) is 23.7 Å². The quantitative estimate of drug-likeness (QED) is 0.303. The summed E-state index contributed by atoms with van der Waals surface area (Å²) in [6, 6.07) is 15.6. The van der Waals surface area contributed by atoms with Crippen molar-refractivity contribution in [2.45, 2.75) is 52.1 Å². The Balaban J connectivity index is 1.85. The minimum Gasteiger partial charge on any atom is -0.465 e. The molecule has 0 aliphatic heterocycles. The first-order chi connectivity index (χ1) is 19.8. The second kappa shape index (κ2) is 14.3. The number of methoxy groups -OCH3 is 1. The number of hydrogen-bond donors (Lipinski definition) is 2. The number of anilines is 1. The average Bonchev–Trinajstić information content (AvgIpc) is 2.93. The van der Waals surface area contributed by atoms with E-state index in [1.165, 1.54) is 19.4 Å². The predicted molar refractivity (Wildman–Crippen MR) is 149 cm³/mol. The van der Waals surface area contributed by atoms with E-state index in [2.05, 4.69) is 10.6 Å². The van der Waals surface area contributed by atoms with Gasteiger partial charge in [0.05, 0.1) is 19.1 Å². The molecule has 1 unspecified atom stereocenters. The van der Waals surface area contributed by atoms with Gasteiger partial charge in [-0.1, -0.05) is 56.3 Å². The third-order valence-electron chi connectivity index (χ3n) is 6.29. The molecule has 3 rings (SSSR count). The van der Waals surface area contributed by atoms with Crippen LogP contribution in [-0.2, 0) is 33.8 Å². The lowest BCUT2D eigenvalue weighted by Gasteiger charge is -2.24. The van der Waals surface area contributed by atoms with E-state index in [-0.39, 0.29) is 18.7 Å². The number of benzene rings is 2. The fraction of sp³-hybridized carbons (Fsp3) is 0.333. The van der Waals surface area contributed by atoms with Crippen molar-refractivity contribution in [3.8, 4) is 0 Å². The second-order valence-corrected chi connectivity index (χ2v) is 9.98. The number of esters is 1. The Labute approximate surface area is 240 Å². The molecular formula is C30H32F3N3O6. The molecule has 0 saturated carbocycles. The molecule has 0 spiro atoms. The topological polar surface area (TPSA) is 116 Å². The zero-order chi connectivity index (χ0) is 30.9. The molecule has 0 bridgehead atoms. The summed E-state index contributed by atoms with van der Waals surface area (Å²) in [5.74, 6) is -1.81.